The van der Waals surface area contributed by atoms with E-state index in [1.165, 1.54) is 22.7 Å². The number of hydrogen-bond acceptors (Lipinski definition) is 5. The van der Waals surface area contributed by atoms with Crippen molar-refractivity contribution in [2.75, 3.05) is 31.1 Å². The maximum absolute atomic E-state index is 13.2. The van der Waals surface area contributed by atoms with Gasteiger partial charge in [0.15, 0.2) is 11.2 Å². The highest BCUT2D eigenvalue weighted by Crippen LogP contribution is 2.23. The largest absolute Gasteiger partial charge is 0.340 e. The number of anilines is 1. The maximum atomic E-state index is 13.2. The Balaban J connectivity index is 1.49. The summed E-state index contributed by atoms with van der Waals surface area (Å²) in [7, 11) is 3.20. The molecule has 0 unspecified atom stereocenters. The molecule has 0 N–H and O–H groups in total. The lowest BCUT2D eigenvalue weighted by molar-refractivity contribution is 0.248. The van der Waals surface area contributed by atoms with Crippen molar-refractivity contribution < 1.29 is 0 Å². The van der Waals surface area contributed by atoms with Crippen LogP contribution in [0.3, 0.4) is 0 Å². The van der Waals surface area contributed by atoms with Crippen LogP contribution in [0.2, 0.25) is 0 Å². The lowest BCUT2D eigenvalue weighted by Gasteiger charge is -2.35. The third-order valence-electron chi connectivity index (χ3n) is 6.66. The molecule has 8 nitrogen and oxygen atoms in total. The topological polar surface area (TPSA) is 68.3 Å². The summed E-state index contributed by atoms with van der Waals surface area (Å²) in [4.78, 5) is 35.2. The standard InChI is InChI=1S/C26H30N6O2/c1-19-8-7-11-21(16-19)17-30-12-14-31(15-13-30)25-27-23-22(24(33)29(3)26(34)28(23)2)32(25)18-20-9-5-4-6-10-20/h4-11,16H,12-15,17-18H2,1-3H3. The number of imidazole rings is 1. The highest BCUT2D eigenvalue weighted by Gasteiger charge is 2.25. The maximum Gasteiger partial charge on any atom is 0.332 e. The summed E-state index contributed by atoms with van der Waals surface area (Å²) in [6.45, 7) is 6.97. The monoisotopic (exact) mass is 458 g/mol. The van der Waals surface area contributed by atoms with E-state index < -0.39 is 0 Å². The molecule has 0 bridgehead atoms. The zero-order chi connectivity index (χ0) is 23.8. The van der Waals surface area contributed by atoms with E-state index in [0.717, 1.165) is 48.8 Å². The van der Waals surface area contributed by atoms with Gasteiger partial charge in [-0.2, -0.15) is 4.98 Å². The summed E-state index contributed by atoms with van der Waals surface area (Å²) in [5, 5.41) is 0. The molecule has 0 aliphatic carbocycles. The minimum Gasteiger partial charge on any atom is -0.340 e. The highest BCUT2D eigenvalue weighted by atomic mass is 16.2. The van der Waals surface area contributed by atoms with Gasteiger partial charge in [0.25, 0.3) is 5.56 Å². The van der Waals surface area contributed by atoms with Crippen LogP contribution >= 0.6 is 0 Å². The van der Waals surface area contributed by atoms with Crippen LogP contribution in [0, 0.1) is 6.92 Å². The van der Waals surface area contributed by atoms with E-state index in [4.69, 9.17) is 4.98 Å². The summed E-state index contributed by atoms with van der Waals surface area (Å²) in [5.41, 5.74) is 3.90. The third kappa shape index (κ3) is 4.05. The number of fused-ring (bicyclic) bond motifs is 1. The average Bonchev–Trinajstić information content (AvgIpc) is 3.22. The number of rotatable bonds is 5. The van der Waals surface area contributed by atoms with E-state index in [0.29, 0.717) is 17.7 Å². The summed E-state index contributed by atoms with van der Waals surface area (Å²) in [6, 6.07) is 18.7. The fourth-order valence-electron chi connectivity index (χ4n) is 4.77. The second kappa shape index (κ2) is 8.95. The van der Waals surface area contributed by atoms with Crippen molar-refractivity contribution >= 4 is 17.1 Å². The van der Waals surface area contributed by atoms with Gasteiger partial charge in [0.1, 0.15) is 0 Å². The smallest absolute Gasteiger partial charge is 0.332 e. The molecular weight excluding hydrogens is 428 g/mol. The van der Waals surface area contributed by atoms with Gasteiger partial charge >= 0.3 is 5.69 Å². The minimum atomic E-state index is -0.364. The molecule has 8 heteroatoms. The first-order chi connectivity index (χ1) is 16.4. The molecule has 176 valence electrons. The normalized spacial score (nSPS) is 14.7. The van der Waals surface area contributed by atoms with Crippen molar-refractivity contribution in [1.29, 1.82) is 0 Å². The zero-order valence-electron chi connectivity index (χ0n) is 19.9. The zero-order valence-corrected chi connectivity index (χ0v) is 19.9. The van der Waals surface area contributed by atoms with Gasteiger partial charge in [-0.1, -0.05) is 60.2 Å². The fourth-order valence-corrected chi connectivity index (χ4v) is 4.77. The first kappa shape index (κ1) is 22.2. The van der Waals surface area contributed by atoms with Crippen molar-refractivity contribution in [2.24, 2.45) is 14.1 Å². The van der Waals surface area contributed by atoms with Gasteiger partial charge in [-0.25, -0.2) is 4.79 Å². The molecule has 0 amide bonds. The van der Waals surface area contributed by atoms with Crippen LogP contribution in [0.4, 0.5) is 5.95 Å². The number of nitrogens with zero attached hydrogens (tertiary/aromatic N) is 6. The predicted molar refractivity (Wildman–Crippen MR) is 134 cm³/mol. The molecule has 1 aliphatic rings. The number of hydrogen-bond donors (Lipinski definition) is 0. The van der Waals surface area contributed by atoms with Crippen LogP contribution in [0.5, 0.6) is 0 Å². The van der Waals surface area contributed by atoms with Crippen LogP contribution in [-0.4, -0.2) is 49.8 Å². The first-order valence-corrected chi connectivity index (χ1v) is 11.7. The SMILES string of the molecule is Cc1cccc(CN2CCN(c3nc4c(c(=O)n(C)c(=O)n4C)n3Cc3ccccc3)CC2)c1. The molecule has 3 heterocycles. The predicted octanol–water partition coefficient (Wildman–Crippen LogP) is 2.11. The summed E-state index contributed by atoms with van der Waals surface area (Å²) < 4.78 is 4.60. The Kier molecular flexibility index (Phi) is 5.83. The Morgan fingerprint density at radius 3 is 2.24 bits per heavy atom. The molecule has 4 aromatic rings. The molecule has 1 fully saturated rings. The minimum absolute atomic E-state index is 0.314. The molecule has 2 aromatic carbocycles. The van der Waals surface area contributed by atoms with Gasteiger partial charge in [0.05, 0.1) is 6.54 Å². The van der Waals surface area contributed by atoms with Gasteiger partial charge in [-0.3, -0.25) is 23.4 Å². The fraction of sp³-hybridized carbons (Fsp3) is 0.346. The van der Waals surface area contributed by atoms with Gasteiger partial charge in [0.2, 0.25) is 5.95 Å². The van der Waals surface area contributed by atoms with Crippen molar-refractivity contribution in [2.45, 2.75) is 20.0 Å². The molecule has 5 rings (SSSR count). The number of benzene rings is 2. The van der Waals surface area contributed by atoms with Crippen LogP contribution in [0.1, 0.15) is 16.7 Å². The van der Waals surface area contributed by atoms with Crippen LogP contribution in [0.25, 0.3) is 11.2 Å². The van der Waals surface area contributed by atoms with Gasteiger partial charge in [0, 0.05) is 46.8 Å². The summed E-state index contributed by atoms with van der Waals surface area (Å²) >= 11 is 0. The second-order valence-electron chi connectivity index (χ2n) is 9.11. The van der Waals surface area contributed by atoms with E-state index in [2.05, 4.69) is 41.0 Å². The van der Waals surface area contributed by atoms with Crippen LogP contribution in [-0.2, 0) is 27.2 Å². The van der Waals surface area contributed by atoms with Gasteiger partial charge < -0.3 is 4.90 Å². The van der Waals surface area contributed by atoms with Crippen molar-refractivity contribution in [3.05, 3.63) is 92.1 Å². The Morgan fingerprint density at radius 2 is 1.53 bits per heavy atom. The Morgan fingerprint density at radius 1 is 0.824 bits per heavy atom. The van der Waals surface area contributed by atoms with E-state index in [1.54, 1.807) is 7.05 Å². The summed E-state index contributed by atoms with van der Waals surface area (Å²) in [5.74, 6) is 0.743. The molecule has 34 heavy (non-hydrogen) atoms. The Hall–Kier alpha value is -3.65. The quantitative estimate of drug-likeness (QED) is 0.458. The second-order valence-corrected chi connectivity index (χ2v) is 9.11. The Labute approximate surface area is 198 Å². The molecule has 1 saturated heterocycles. The number of piperazine rings is 1. The van der Waals surface area contributed by atoms with E-state index in [1.807, 2.05) is 34.9 Å². The average molecular weight is 459 g/mol. The molecule has 0 spiro atoms. The molecule has 1 aliphatic heterocycles. The van der Waals surface area contributed by atoms with E-state index in [-0.39, 0.29) is 11.2 Å². The molecule has 0 atom stereocenters. The van der Waals surface area contributed by atoms with Gasteiger partial charge in [-0.15, -0.1) is 0 Å². The van der Waals surface area contributed by atoms with E-state index >= 15 is 0 Å². The molecule has 0 saturated carbocycles. The van der Waals surface area contributed by atoms with Crippen LogP contribution in [0.15, 0.2) is 64.2 Å². The van der Waals surface area contributed by atoms with E-state index in [9.17, 15) is 9.59 Å². The lowest BCUT2D eigenvalue weighted by atomic mass is 10.1. The van der Waals surface area contributed by atoms with Gasteiger partial charge in [-0.05, 0) is 18.1 Å². The Bertz CT molecular complexity index is 1440. The number of aryl methyl sites for hydroxylation is 2. The third-order valence-corrected chi connectivity index (χ3v) is 6.66. The lowest BCUT2D eigenvalue weighted by Crippen LogP contribution is -2.47. The first-order valence-electron chi connectivity index (χ1n) is 11.7. The van der Waals surface area contributed by atoms with Crippen LogP contribution < -0.4 is 16.1 Å². The highest BCUT2D eigenvalue weighted by molar-refractivity contribution is 5.75. The number of aromatic nitrogens is 4. The summed E-state index contributed by atoms with van der Waals surface area (Å²) in [6.07, 6.45) is 0. The molecule has 0 radical (unpaired) electrons. The van der Waals surface area contributed by atoms with Crippen molar-refractivity contribution in [3.63, 3.8) is 0 Å². The van der Waals surface area contributed by atoms with Crippen molar-refractivity contribution in [1.82, 2.24) is 23.6 Å². The molecular formula is C26H30N6O2. The van der Waals surface area contributed by atoms with Crippen molar-refractivity contribution in [3.8, 4) is 0 Å². The molecule has 2 aromatic heterocycles.